The van der Waals surface area contributed by atoms with E-state index in [-0.39, 0.29) is 24.2 Å². The van der Waals surface area contributed by atoms with Crippen molar-refractivity contribution in [1.82, 2.24) is 4.57 Å². The van der Waals surface area contributed by atoms with Crippen molar-refractivity contribution < 1.29 is 19.8 Å². The number of carbonyl (C=O) groups is 2. The number of thiophene rings is 1. The first kappa shape index (κ1) is 16.9. The van der Waals surface area contributed by atoms with E-state index in [9.17, 15) is 19.5 Å². The molecule has 0 aliphatic rings. The number of aromatic hydroxyl groups is 1. The highest BCUT2D eigenvalue weighted by Crippen LogP contribution is 2.38. The second-order valence-electron chi connectivity index (χ2n) is 5.60. The van der Waals surface area contributed by atoms with Crippen LogP contribution in [0.1, 0.15) is 23.2 Å². The number of Topliss-reactive ketones (excluding diaryl/α,β-unsaturated/α-hetero) is 1. The fraction of sp³-hybridized carbons (Fsp3) is 0.167. The third-order valence-electron chi connectivity index (χ3n) is 3.95. The van der Waals surface area contributed by atoms with Crippen molar-refractivity contribution in [2.75, 3.05) is 0 Å². The van der Waals surface area contributed by atoms with Crippen molar-refractivity contribution in [3.63, 3.8) is 0 Å². The summed E-state index contributed by atoms with van der Waals surface area (Å²) in [5, 5.41) is 19.2. The lowest BCUT2D eigenvalue weighted by Crippen LogP contribution is -2.24. The number of hydrogen-bond acceptors (Lipinski definition) is 5. The number of pyridine rings is 1. The third-order valence-corrected chi connectivity index (χ3v) is 5.13. The van der Waals surface area contributed by atoms with Gasteiger partial charge < -0.3 is 14.8 Å². The van der Waals surface area contributed by atoms with Crippen LogP contribution in [0, 0.1) is 0 Å². The minimum atomic E-state index is -1.13. The second-order valence-corrected chi connectivity index (χ2v) is 6.65. The van der Waals surface area contributed by atoms with E-state index >= 15 is 0 Å². The van der Waals surface area contributed by atoms with Gasteiger partial charge in [0.15, 0.2) is 11.5 Å². The predicted octanol–water partition coefficient (Wildman–Crippen LogP) is 3.02. The highest BCUT2D eigenvalue weighted by Gasteiger charge is 2.23. The standard InChI is InChI=1S/C18H15NO5S/c1-19-11-9-13(10-5-3-2-4-6-10)25-17(11)16(23)15(18(19)24)12(20)7-8-14(21)22/h2-6,9,23H,7-8H2,1H3,(H,21,22). The molecule has 0 spiro atoms. The number of aromatic nitrogens is 1. The molecule has 0 aliphatic heterocycles. The Bertz CT molecular complexity index is 1030. The average Bonchev–Trinajstić information content (AvgIpc) is 3.05. The number of carboxylic acid groups (broad SMARTS) is 1. The van der Waals surface area contributed by atoms with Crippen molar-refractivity contribution in [3.05, 3.63) is 52.3 Å². The van der Waals surface area contributed by atoms with Crippen LogP contribution in [0.2, 0.25) is 0 Å². The quantitative estimate of drug-likeness (QED) is 0.684. The van der Waals surface area contributed by atoms with E-state index in [0.29, 0.717) is 10.2 Å². The molecule has 0 saturated heterocycles. The molecule has 0 atom stereocenters. The number of rotatable bonds is 5. The van der Waals surface area contributed by atoms with E-state index in [0.717, 1.165) is 10.4 Å². The van der Waals surface area contributed by atoms with Crippen LogP contribution in [-0.2, 0) is 11.8 Å². The molecule has 0 bridgehead atoms. The van der Waals surface area contributed by atoms with Crippen molar-refractivity contribution in [3.8, 4) is 16.2 Å². The Morgan fingerprint density at radius 1 is 1.16 bits per heavy atom. The van der Waals surface area contributed by atoms with Crippen LogP contribution in [0.3, 0.4) is 0 Å². The molecule has 0 amide bonds. The number of ketones is 1. The first-order chi connectivity index (χ1) is 11.9. The number of aliphatic carboxylic acids is 1. The average molecular weight is 357 g/mol. The number of benzene rings is 1. The molecule has 128 valence electrons. The molecular weight excluding hydrogens is 342 g/mol. The van der Waals surface area contributed by atoms with E-state index in [1.165, 1.54) is 23.0 Å². The molecule has 2 heterocycles. The van der Waals surface area contributed by atoms with Crippen LogP contribution in [0.25, 0.3) is 20.7 Å². The normalized spacial score (nSPS) is 10.9. The Hall–Kier alpha value is -2.93. The fourth-order valence-corrected chi connectivity index (χ4v) is 3.78. The third kappa shape index (κ3) is 3.06. The Kier molecular flexibility index (Phi) is 4.41. The molecule has 2 aromatic heterocycles. The number of fused-ring (bicyclic) bond motifs is 1. The second kappa shape index (κ2) is 6.52. The van der Waals surface area contributed by atoms with Crippen LogP contribution in [0.4, 0.5) is 0 Å². The largest absolute Gasteiger partial charge is 0.505 e. The van der Waals surface area contributed by atoms with Crippen LogP contribution in [0.5, 0.6) is 5.75 Å². The molecule has 3 aromatic rings. The van der Waals surface area contributed by atoms with Gasteiger partial charge in [-0.3, -0.25) is 14.4 Å². The van der Waals surface area contributed by atoms with Gasteiger partial charge in [0, 0.05) is 18.3 Å². The fourth-order valence-electron chi connectivity index (χ4n) is 2.63. The first-order valence-electron chi connectivity index (χ1n) is 7.56. The van der Waals surface area contributed by atoms with Gasteiger partial charge in [-0.25, -0.2) is 0 Å². The van der Waals surface area contributed by atoms with E-state index in [2.05, 4.69) is 0 Å². The molecule has 0 radical (unpaired) electrons. The minimum absolute atomic E-state index is 0.333. The van der Waals surface area contributed by atoms with Gasteiger partial charge in [-0.1, -0.05) is 30.3 Å². The molecule has 1 aromatic carbocycles. The Morgan fingerprint density at radius 3 is 2.48 bits per heavy atom. The topological polar surface area (TPSA) is 96.6 Å². The summed E-state index contributed by atoms with van der Waals surface area (Å²) in [6.45, 7) is 0. The zero-order valence-electron chi connectivity index (χ0n) is 13.4. The number of carboxylic acids is 1. The minimum Gasteiger partial charge on any atom is -0.505 e. The molecule has 3 rings (SSSR count). The SMILES string of the molecule is Cn1c(=O)c(C(=O)CCC(=O)O)c(O)c2sc(-c3ccccc3)cc21. The maximum atomic E-state index is 12.5. The van der Waals surface area contributed by atoms with Crippen molar-refractivity contribution >= 4 is 33.3 Å². The summed E-state index contributed by atoms with van der Waals surface area (Å²) in [5.74, 6) is -2.18. The summed E-state index contributed by atoms with van der Waals surface area (Å²) in [5.41, 5.74) is 0.492. The zero-order valence-corrected chi connectivity index (χ0v) is 14.2. The van der Waals surface area contributed by atoms with E-state index in [1.54, 1.807) is 6.07 Å². The van der Waals surface area contributed by atoms with Crippen LogP contribution in [0.15, 0.2) is 41.2 Å². The number of carbonyl (C=O) groups excluding carboxylic acids is 1. The summed E-state index contributed by atoms with van der Waals surface area (Å²) in [7, 11) is 1.53. The Morgan fingerprint density at radius 2 is 1.84 bits per heavy atom. The first-order valence-corrected chi connectivity index (χ1v) is 8.37. The summed E-state index contributed by atoms with van der Waals surface area (Å²) in [6, 6.07) is 11.3. The zero-order chi connectivity index (χ0) is 18.1. The number of aryl methyl sites for hydroxylation is 1. The van der Waals surface area contributed by atoms with Gasteiger partial charge in [-0.15, -0.1) is 11.3 Å². The molecule has 6 nitrogen and oxygen atoms in total. The maximum Gasteiger partial charge on any atom is 0.303 e. The van der Waals surface area contributed by atoms with E-state index in [1.807, 2.05) is 30.3 Å². The molecule has 0 fully saturated rings. The lowest BCUT2D eigenvalue weighted by atomic mass is 10.1. The summed E-state index contributed by atoms with van der Waals surface area (Å²) in [4.78, 5) is 36.2. The molecule has 25 heavy (non-hydrogen) atoms. The van der Waals surface area contributed by atoms with Crippen molar-refractivity contribution in [2.24, 2.45) is 7.05 Å². The predicted molar refractivity (Wildman–Crippen MR) is 95.4 cm³/mol. The smallest absolute Gasteiger partial charge is 0.303 e. The lowest BCUT2D eigenvalue weighted by Gasteiger charge is -2.07. The van der Waals surface area contributed by atoms with Crippen LogP contribution < -0.4 is 5.56 Å². The van der Waals surface area contributed by atoms with Crippen molar-refractivity contribution in [2.45, 2.75) is 12.8 Å². The van der Waals surface area contributed by atoms with Gasteiger partial charge in [-0.2, -0.15) is 0 Å². The van der Waals surface area contributed by atoms with Crippen molar-refractivity contribution in [1.29, 1.82) is 0 Å². The maximum absolute atomic E-state index is 12.5. The van der Waals surface area contributed by atoms with E-state index < -0.39 is 17.3 Å². The highest BCUT2D eigenvalue weighted by atomic mass is 32.1. The molecule has 0 saturated carbocycles. The van der Waals surface area contributed by atoms with Crippen LogP contribution in [-0.4, -0.2) is 26.5 Å². The Balaban J connectivity index is 2.16. The number of nitrogens with zero attached hydrogens (tertiary/aromatic N) is 1. The van der Waals surface area contributed by atoms with Gasteiger partial charge in [0.2, 0.25) is 0 Å². The van der Waals surface area contributed by atoms with Gasteiger partial charge in [0.05, 0.1) is 16.6 Å². The molecule has 7 heteroatoms. The molecule has 2 N–H and O–H groups in total. The van der Waals surface area contributed by atoms with Gasteiger partial charge in [0.25, 0.3) is 5.56 Å². The van der Waals surface area contributed by atoms with Crippen LogP contribution >= 0.6 is 11.3 Å². The van der Waals surface area contributed by atoms with Gasteiger partial charge in [-0.05, 0) is 11.6 Å². The monoisotopic (exact) mass is 357 g/mol. The molecule has 0 aliphatic carbocycles. The Labute approximate surface area is 146 Å². The molecular formula is C18H15NO5S. The summed E-state index contributed by atoms with van der Waals surface area (Å²) in [6.07, 6.45) is -0.722. The lowest BCUT2D eigenvalue weighted by molar-refractivity contribution is -0.136. The number of hydrogen-bond donors (Lipinski definition) is 2. The highest BCUT2D eigenvalue weighted by molar-refractivity contribution is 7.22. The summed E-state index contributed by atoms with van der Waals surface area (Å²) < 4.78 is 1.74. The van der Waals surface area contributed by atoms with Gasteiger partial charge >= 0.3 is 5.97 Å². The summed E-state index contributed by atoms with van der Waals surface area (Å²) >= 11 is 1.28. The van der Waals surface area contributed by atoms with Gasteiger partial charge in [0.1, 0.15) is 5.56 Å². The molecule has 0 unspecified atom stereocenters. The van der Waals surface area contributed by atoms with E-state index in [4.69, 9.17) is 5.11 Å².